The minimum Gasteiger partial charge on any atom is -0.483 e. The third-order valence-corrected chi connectivity index (χ3v) is 0.891. The van der Waals surface area contributed by atoms with Crippen molar-refractivity contribution in [3.05, 3.63) is 11.8 Å². The number of aromatic nitrogens is 2. The number of rotatable bonds is 0. The molecule has 1 rings (SSSR count). The lowest BCUT2D eigenvalue weighted by Gasteiger charge is -1.94. The van der Waals surface area contributed by atoms with Crippen molar-refractivity contribution in [2.75, 3.05) is 11.5 Å². The van der Waals surface area contributed by atoms with E-state index in [4.69, 9.17) is 21.4 Å². The van der Waals surface area contributed by atoms with Gasteiger partial charge in [-0.05, 0) is 6.92 Å². The fourth-order valence-electron chi connectivity index (χ4n) is 0.617. The number of hydrogen-bond donors (Lipinski definition) is 3. The lowest BCUT2D eigenvalue weighted by molar-refractivity contribution is -0.122. The van der Waals surface area contributed by atoms with E-state index < -0.39 is 0 Å². The quantitative estimate of drug-likeness (QED) is 0.458. The summed E-state index contributed by atoms with van der Waals surface area (Å²) in [6, 6.07) is 1.66. The summed E-state index contributed by atoms with van der Waals surface area (Å²) in [6.45, 7) is 1.56. The van der Waals surface area contributed by atoms with E-state index in [1.54, 1.807) is 6.07 Å². The maximum atomic E-state index is 8.36. The van der Waals surface area contributed by atoms with Crippen molar-refractivity contribution in [1.82, 2.24) is 9.97 Å². The van der Waals surface area contributed by atoms with Crippen LogP contribution >= 0.6 is 0 Å². The topological polar surface area (TPSA) is 115 Å². The molecule has 12 heavy (non-hydrogen) atoms. The summed E-state index contributed by atoms with van der Waals surface area (Å²) < 4.78 is 0. The molecular formula is C6H10N4O2. The molecule has 6 nitrogen and oxygen atoms in total. The first-order chi connectivity index (χ1) is 5.60. The van der Waals surface area contributed by atoms with Crippen LogP contribution in [-0.2, 0) is 4.79 Å². The van der Waals surface area contributed by atoms with Crippen molar-refractivity contribution in [2.24, 2.45) is 0 Å². The fraction of sp³-hybridized carbons (Fsp3) is 0.167. The standard InChI is InChI=1S/C5H8N4.CH2O2/c1-3-2-4(6)9-5(7)8-3;2-1-3/h2H,1H3,(H4,6,7,8,9);1H,(H,2,3). The average molecular weight is 170 g/mol. The summed E-state index contributed by atoms with van der Waals surface area (Å²) in [5, 5.41) is 6.89. The maximum Gasteiger partial charge on any atom is 0.290 e. The largest absolute Gasteiger partial charge is 0.483 e. The summed E-state index contributed by atoms with van der Waals surface area (Å²) in [4.78, 5) is 15.9. The molecule has 1 heterocycles. The molecular weight excluding hydrogens is 160 g/mol. The van der Waals surface area contributed by atoms with Gasteiger partial charge in [0.25, 0.3) is 6.47 Å². The van der Waals surface area contributed by atoms with Crippen LogP contribution in [0, 0.1) is 6.92 Å². The number of carbonyl (C=O) groups is 1. The third-order valence-electron chi connectivity index (χ3n) is 0.891. The highest BCUT2D eigenvalue weighted by molar-refractivity contribution is 5.34. The zero-order chi connectivity index (χ0) is 9.56. The molecule has 0 aromatic carbocycles. The van der Waals surface area contributed by atoms with Gasteiger partial charge in [0.05, 0.1) is 0 Å². The van der Waals surface area contributed by atoms with E-state index in [1.807, 2.05) is 6.92 Å². The van der Waals surface area contributed by atoms with E-state index in [9.17, 15) is 0 Å². The number of nitrogens with two attached hydrogens (primary N) is 2. The van der Waals surface area contributed by atoms with Crippen LogP contribution in [0.2, 0.25) is 0 Å². The van der Waals surface area contributed by atoms with Gasteiger partial charge >= 0.3 is 0 Å². The van der Waals surface area contributed by atoms with Crippen molar-refractivity contribution in [3.63, 3.8) is 0 Å². The van der Waals surface area contributed by atoms with E-state index in [-0.39, 0.29) is 12.4 Å². The lowest BCUT2D eigenvalue weighted by atomic mass is 10.4. The Morgan fingerprint density at radius 2 is 2.00 bits per heavy atom. The second-order valence-electron chi connectivity index (χ2n) is 1.90. The second-order valence-corrected chi connectivity index (χ2v) is 1.90. The Morgan fingerprint density at radius 1 is 1.50 bits per heavy atom. The van der Waals surface area contributed by atoms with Crippen LogP contribution in [0.4, 0.5) is 11.8 Å². The van der Waals surface area contributed by atoms with Gasteiger partial charge in [-0.15, -0.1) is 0 Å². The number of hydrogen-bond acceptors (Lipinski definition) is 5. The van der Waals surface area contributed by atoms with Gasteiger partial charge in [-0.2, -0.15) is 4.98 Å². The number of carboxylic acid groups (broad SMARTS) is 1. The highest BCUT2D eigenvalue weighted by Crippen LogP contribution is 2.00. The molecule has 0 saturated heterocycles. The maximum absolute atomic E-state index is 8.36. The molecule has 0 unspecified atom stereocenters. The van der Waals surface area contributed by atoms with E-state index in [0.717, 1.165) is 5.69 Å². The van der Waals surface area contributed by atoms with Gasteiger partial charge in [0.2, 0.25) is 5.95 Å². The number of aryl methyl sites for hydroxylation is 1. The Balaban J connectivity index is 0.000000354. The van der Waals surface area contributed by atoms with Crippen molar-refractivity contribution >= 4 is 18.2 Å². The van der Waals surface area contributed by atoms with Crippen molar-refractivity contribution in [1.29, 1.82) is 0 Å². The first-order valence-corrected chi connectivity index (χ1v) is 3.04. The molecule has 1 aromatic rings. The summed E-state index contributed by atoms with van der Waals surface area (Å²) >= 11 is 0. The lowest BCUT2D eigenvalue weighted by Crippen LogP contribution is -1.99. The zero-order valence-corrected chi connectivity index (χ0v) is 6.56. The number of nitrogens with zero attached hydrogens (tertiary/aromatic N) is 2. The molecule has 0 amide bonds. The summed E-state index contributed by atoms with van der Waals surface area (Å²) in [5.41, 5.74) is 11.4. The summed E-state index contributed by atoms with van der Waals surface area (Å²) in [5.74, 6) is 0.646. The van der Waals surface area contributed by atoms with Gasteiger partial charge in [0.15, 0.2) is 0 Å². The highest BCUT2D eigenvalue weighted by Gasteiger charge is 1.91. The fourth-order valence-corrected chi connectivity index (χ4v) is 0.617. The minimum atomic E-state index is -0.250. The average Bonchev–Trinajstić information content (AvgIpc) is 1.84. The Morgan fingerprint density at radius 3 is 2.33 bits per heavy atom. The number of nitrogen functional groups attached to an aromatic ring is 2. The monoisotopic (exact) mass is 170 g/mol. The SMILES string of the molecule is Cc1cc(N)nc(N)n1.O=CO. The molecule has 0 aliphatic rings. The van der Waals surface area contributed by atoms with Crippen LogP contribution in [0.3, 0.4) is 0 Å². The first kappa shape index (κ1) is 10.2. The zero-order valence-electron chi connectivity index (χ0n) is 6.56. The Labute approximate surface area is 69.2 Å². The summed E-state index contributed by atoms with van der Waals surface area (Å²) in [6.07, 6.45) is 0. The smallest absolute Gasteiger partial charge is 0.290 e. The van der Waals surface area contributed by atoms with Crippen molar-refractivity contribution < 1.29 is 9.90 Å². The first-order valence-electron chi connectivity index (χ1n) is 3.04. The molecule has 0 spiro atoms. The van der Waals surface area contributed by atoms with Gasteiger partial charge in [-0.25, -0.2) is 4.98 Å². The van der Waals surface area contributed by atoms with E-state index in [1.165, 1.54) is 0 Å². The van der Waals surface area contributed by atoms with Gasteiger partial charge in [0, 0.05) is 11.8 Å². The van der Waals surface area contributed by atoms with Crippen LogP contribution in [0.5, 0.6) is 0 Å². The number of anilines is 2. The molecule has 1 aromatic heterocycles. The van der Waals surface area contributed by atoms with E-state index in [0.29, 0.717) is 5.82 Å². The molecule has 5 N–H and O–H groups in total. The van der Waals surface area contributed by atoms with Crippen molar-refractivity contribution in [2.45, 2.75) is 6.92 Å². The van der Waals surface area contributed by atoms with Gasteiger partial charge in [-0.1, -0.05) is 0 Å². The van der Waals surface area contributed by atoms with Crippen molar-refractivity contribution in [3.8, 4) is 0 Å². The molecule has 0 bridgehead atoms. The van der Waals surface area contributed by atoms with Crippen LogP contribution in [0.1, 0.15) is 5.69 Å². The normalized spacial score (nSPS) is 8.08. The Hall–Kier alpha value is -1.85. The molecule has 0 atom stereocenters. The molecule has 0 fully saturated rings. The third kappa shape index (κ3) is 4.04. The predicted molar refractivity (Wildman–Crippen MR) is 44.3 cm³/mol. The molecule has 0 saturated carbocycles. The van der Waals surface area contributed by atoms with Gasteiger partial charge in [-0.3, -0.25) is 4.79 Å². The molecule has 6 heteroatoms. The Bertz CT molecular complexity index is 213. The van der Waals surface area contributed by atoms with Crippen LogP contribution in [0.15, 0.2) is 6.07 Å². The molecule has 0 radical (unpaired) electrons. The minimum absolute atomic E-state index is 0.229. The van der Waals surface area contributed by atoms with Gasteiger partial charge in [0.1, 0.15) is 5.82 Å². The Kier molecular flexibility index (Phi) is 4.13. The second kappa shape index (κ2) is 4.89. The van der Waals surface area contributed by atoms with Crippen LogP contribution in [-0.4, -0.2) is 21.5 Å². The van der Waals surface area contributed by atoms with E-state index >= 15 is 0 Å². The van der Waals surface area contributed by atoms with E-state index in [2.05, 4.69) is 9.97 Å². The molecule has 66 valence electrons. The molecule has 0 aliphatic carbocycles. The molecule has 0 aliphatic heterocycles. The highest BCUT2D eigenvalue weighted by atomic mass is 16.3. The van der Waals surface area contributed by atoms with Crippen LogP contribution in [0.25, 0.3) is 0 Å². The van der Waals surface area contributed by atoms with Gasteiger partial charge < -0.3 is 16.6 Å². The summed E-state index contributed by atoms with van der Waals surface area (Å²) in [7, 11) is 0. The van der Waals surface area contributed by atoms with Crippen LogP contribution < -0.4 is 11.5 Å². The predicted octanol–water partition coefficient (Wildman–Crippen LogP) is -0.350.